The van der Waals surface area contributed by atoms with Crippen molar-refractivity contribution in [3.05, 3.63) is 58.9 Å². The highest BCUT2D eigenvalue weighted by Gasteiger charge is 2.17. The van der Waals surface area contributed by atoms with Gasteiger partial charge < -0.3 is 14.0 Å². The summed E-state index contributed by atoms with van der Waals surface area (Å²) in [6.07, 6.45) is 2.19. The van der Waals surface area contributed by atoms with E-state index in [4.69, 9.17) is 14.7 Å². The molecule has 0 saturated carbocycles. The third-order valence-electron chi connectivity index (χ3n) is 4.89. The average molecular weight is 393 g/mol. The lowest BCUT2D eigenvalue weighted by Gasteiger charge is -2.12. The Hall–Kier alpha value is -3.60. The van der Waals surface area contributed by atoms with Crippen LogP contribution in [0.1, 0.15) is 33.1 Å². The number of hydrogen-bond acceptors (Lipinski definition) is 6. The fourth-order valence-corrected chi connectivity index (χ4v) is 3.36. The van der Waals surface area contributed by atoms with Gasteiger partial charge in [0.05, 0.1) is 14.2 Å². The van der Waals surface area contributed by atoms with E-state index in [-0.39, 0.29) is 18.2 Å². The molecule has 0 aliphatic rings. The number of nitriles is 1. The second-order valence-electron chi connectivity index (χ2n) is 6.68. The summed E-state index contributed by atoms with van der Waals surface area (Å²) in [5.41, 5.74) is 3.70. The minimum Gasteiger partial charge on any atom is -0.493 e. The van der Waals surface area contributed by atoms with E-state index in [0.29, 0.717) is 17.1 Å². The third kappa shape index (κ3) is 4.29. The number of methoxy groups -OCH3 is 2. The van der Waals surface area contributed by atoms with Crippen LogP contribution in [0.2, 0.25) is 0 Å². The Balaban J connectivity index is 1.74. The summed E-state index contributed by atoms with van der Waals surface area (Å²) in [5.74, 6) is 1.39. The van der Waals surface area contributed by atoms with Gasteiger partial charge in [0.2, 0.25) is 0 Å². The zero-order valence-corrected chi connectivity index (χ0v) is 17.0. The Bertz CT molecular complexity index is 1070. The van der Waals surface area contributed by atoms with Crippen molar-refractivity contribution in [1.82, 2.24) is 19.3 Å². The van der Waals surface area contributed by atoms with Crippen molar-refractivity contribution in [3.8, 4) is 17.6 Å². The summed E-state index contributed by atoms with van der Waals surface area (Å²) in [6, 6.07) is 9.63. The molecule has 2 heterocycles. The molecule has 0 atom stereocenters. The van der Waals surface area contributed by atoms with Crippen LogP contribution < -0.4 is 9.47 Å². The lowest BCUT2D eigenvalue weighted by atomic mass is 10.1. The van der Waals surface area contributed by atoms with E-state index >= 15 is 0 Å². The van der Waals surface area contributed by atoms with E-state index < -0.39 is 0 Å². The molecule has 0 spiro atoms. The number of Topliss-reactive ketones (excluding diaryl/α,β-unsaturated/α-hetero) is 1. The summed E-state index contributed by atoms with van der Waals surface area (Å²) >= 11 is 0. The van der Waals surface area contributed by atoms with Crippen molar-refractivity contribution in [2.45, 2.75) is 33.4 Å². The largest absolute Gasteiger partial charge is 0.493 e. The van der Waals surface area contributed by atoms with Crippen molar-refractivity contribution in [1.29, 1.82) is 5.26 Å². The van der Waals surface area contributed by atoms with E-state index in [1.54, 1.807) is 14.2 Å². The molecule has 150 valence electrons. The van der Waals surface area contributed by atoms with E-state index in [0.717, 1.165) is 29.9 Å². The van der Waals surface area contributed by atoms with E-state index in [1.165, 1.54) is 11.0 Å². The minimum atomic E-state index is -0.0649. The van der Waals surface area contributed by atoms with E-state index in [1.807, 2.05) is 44.2 Å². The molecule has 0 amide bonds. The summed E-state index contributed by atoms with van der Waals surface area (Å²) < 4.78 is 14.2. The highest BCUT2D eigenvalue weighted by molar-refractivity contribution is 5.97. The highest BCUT2D eigenvalue weighted by Crippen LogP contribution is 2.28. The average Bonchev–Trinajstić information content (AvgIpc) is 3.30. The van der Waals surface area contributed by atoms with Crippen LogP contribution in [0.15, 0.2) is 30.6 Å². The SMILES string of the molecule is COc1ccc(CCn2c(C)cc(C(=O)Cn3cnc(C#N)n3)c2C)cc1OC. The zero-order chi connectivity index (χ0) is 21.0. The Kier molecular flexibility index (Phi) is 5.98. The number of carbonyl (C=O) groups excluding carboxylic acids is 1. The molecule has 0 N–H and O–H groups in total. The first-order chi connectivity index (χ1) is 14.0. The Labute approximate surface area is 169 Å². The van der Waals surface area contributed by atoms with Gasteiger partial charge in [-0.3, -0.25) is 4.79 Å². The van der Waals surface area contributed by atoms with Crippen LogP contribution >= 0.6 is 0 Å². The van der Waals surface area contributed by atoms with Gasteiger partial charge in [-0.15, -0.1) is 5.10 Å². The van der Waals surface area contributed by atoms with Crippen molar-refractivity contribution < 1.29 is 14.3 Å². The van der Waals surface area contributed by atoms with Gasteiger partial charge in [-0.25, -0.2) is 9.67 Å². The van der Waals surface area contributed by atoms with Crippen molar-refractivity contribution >= 4 is 5.78 Å². The Morgan fingerprint density at radius 2 is 1.93 bits per heavy atom. The van der Waals surface area contributed by atoms with Gasteiger partial charge in [0.1, 0.15) is 18.9 Å². The smallest absolute Gasteiger partial charge is 0.252 e. The summed E-state index contributed by atoms with van der Waals surface area (Å²) in [6.45, 7) is 4.72. The van der Waals surface area contributed by atoms with Gasteiger partial charge in [-0.1, -0.05) is 6.07 Å². The topological polar surface area (TPSA) is 95.0 Å². The van der Waals surface area contributed by atoms with Crippen LogP contribution in [0.3, 0.4) is 0 Å². The number of ether oxygens (including phenoxy) is 2. The maximum absolute atomic E-state index is 12.7. The van der Waals surface area contributed by atoms with Gasteiger partial charge in [0.15, 0.2) is 17.3 Å². The molecule has 0 bridgehead atoms. The molecule has 0 unspecified atom stereocenters. The quantitative estimate of drug-likeness (QED) is 0.546. The first-order valence-electron chi connectivity index (χ1n) is 9.17. The van der Waals surface area contributed by atoms with Crippen molar-refractivity contribution in [3.63, 3.8) is 0 Å². The predicted octanol–water partition coefficient (Wildman–Crippen LogP) is 2.71. The molecular weight excluding hydrogens is 370 g/mol. The van der Waals surface area contributed by atoms with Gasteiger partial charge >= 0.3 is 0 Å². The molecule has 3 aromatic rings. The molecule has 0 aliphatic heterocycles. The number of benzene rings is 1. The first kappa shape index (κ1) is 20.1. The van der Waals surface area contributed by atoms with Crippen LogP contribution in [-0.2, 0) is 19.5 Å². The van der Waals surface area contributed by atoms with Crippen LogP contribution in [-0.4, -0.2) is 39.3 Å². The molecule has 0 saturated heterocycles. The number of ketones is 1. The standard InChI is InChI=1S/C21H23N5O3/c1-14-9-17(18(27)12-25-13-23-21(11-22)24-25)15(2)26(14)8-7-16-5-6-19(28-3)20(10-16)29-4/h5-6,9-10,13H,7-8,12H2,1-4H3. The molecule has 0 fully saturated rings. The van der Waals surface area contributed by atoms with Crippen molar-refractivity contribution in [2.75, 3.05) is 14.2 Å². The summed E-state index contributed by atoms with van der Waals surface area (Å²) in [7, 11) is 3.23. The second kappa shape index (κ2) is 8.61. The molecule has 3 rings (SSSR count). The number of hydrogen-bond donors (Lipinski definition) is 0. The lowest BCUT2D eigenvalue weighted by Crippen LogP contribution is -2.13. The number of nitrogens with zero attached hydrogens (tertiary/aromatic N) is 5. The summed E-state index contributed by atoms with van der Waals surface area (Å²) in [5, 5.41) is 12.8. The van der Waals surface area contributed by atoms with Gasteiger partial charge in [0.25, 0.3) is 5.82 Å². The number of carbonyl (C=O) groups is 1. The fraction of sp³-hybridized carbons (Fsp3) is 0.333. The normalized spacial score (nSPS) is 10.6. The van der Waals surface area contributed by atoms with E-state index in [2.05, 4.69) is 14.6 Å². The molecule has 8 nitrogen and oxygen atoms in total. The highest BCUT2D eigenvalue weighted by atomic mass is 16.5. The number of aromatic nitrogens is 4. The zero-order valence-electron chi connectivity index (χ0n) is 17.0. The first-order valence-corrected chi connectivity index (χ1v) is 9.17. The number of rotatable bonds is 8. The van der Waals surface area contributed by atoms with Gasteiger partial charge in [-0.2, -0.15) is 5.26 Å². The summed E-state index contributed by atoms with van der Waals surface area (Å²) in [4.78, 5) is 16.5. The Morgan fingerprint density at radius 3 is 2.59 bits per heavy atom. The van der Waals surface area contributed by atoms with Crippen molar-refractivity contribution in [2.24, 2.45) is 0 Å². The van der Waals surface area contributed by atoms with Crippen LogP contribution in [0.25, 0.3) is 0 Å². The lowest BCUT2D eigenvalue weighted by molar-refractivity contribution is 0.0967. The van der Waals surface area contributed by atoms with Crippen LogP contribution in [0.4, 0.5) is 0 Å². The molecule has 2 aromatic heterocycles. The molecular formula is C21H23N5O3. The molecule has 1 aromatic carbocycles. The maximum Gasteiger partial charge on any atom is 0.252 e. The van der Waals surface area contributed by atoms with Gasteiger partial charge in [0, 0.05) is 23.5 Å². The van der Waals surface area contributed by atoms with Crippen LogP contribution in [0, 0.1) is 25.2 Å². The Morgan fingerprint density at radius 1 is 1.17 bits per heavy atom. The minimum absolute atomic E-state index is 0.0503. The number of aryl methyl sites for hydroxylation is 2. The molecule has 29 heavy (non-hydrogen) atoms. The predicted molar refractivity (Wildman–Crippen MR) is 106 cm³/mol. The second-order valence-corrected chi connectivity index (χ2v) is 6.68. The molecule has 0 radical (unpaired) electrons. The third-order valence-corrected chi connectivity index (χ3v) is 4.89. The fourth-order valence-electron chi connectivity index (χ4n) is 3.36. The molecule has 0 aliphatic carbocycles. The maximum atomic E-state index is 12.7. The van der Waals surface area contributed by atoms with Crippen LogP contribution in [0.5, 0.6) is 11.5 Å². The van der Waals surface area contributed by atoms with Gasteiger partial charge in [-0.05, 0) is 44.0 Å². The van der Waals surface area contributed by atoms with E-state index in [9.17, 15) is 4.79 Å². The monoisotopic (exact) mass is 393 g/mol. The molecule has 8 heteroatoms.